The van der Waals surface area contributed by atoms with Crippen LogP contribution in [0.5, 0.6) is 11.5 Å². The second-order valence-corrected chi connectivity index (χ2v) is 6.69. The zero-order valence-corrected chi connectivity index (χ0v) is 14.1. The van der Waals surface area contributed by atoms with Gasteiger partial charge in [0, 0.05) is 19.1 Å². The van der Waals surface area contributed by atoms with E-state index in [1.54, 1.807) is 0 Å². The Labute approximate surface area is 134 Å². The van der Waals surface area contributed by atoms with E-state index in [1.807, 2.05) is 0 Å². The van der Waals surface area contributed by atoms with Gasteiger partial charge in [-0.3, -0.25) is 4.90 Å². The molecule has 0 amide bonds. The zero-order chi connectivity index (χ0) is 14.8. The topological polar surface area (TPSA) is 47.7 Å². The van der Waals surface area contributed by atoms with Gasteiger partial charge >= 0.3 is 0 Å². The highest BCUT2D eigenvalue weighted by Gasteiger charge is 2.29. The summed E-state index contributed by atoms with van der Waals surface area (Å²) in [7, 11) is 0. The quantitative estimate of drug-likeness (QED) is 0.902. The summed E-state index contributed by atoms with van der Waals surface area (Å²) in [6, 6.07) is 4.48. The molecule has 0 aromatic heterocycles. The normalized spacial score (nSPS) is 23.3. The van der Waals surface area contributed by atoms with Gasteiger partial charge in [-0.25, -0.2) is 0 Å². The largest absolute Gasteiger partial charge is 0.486 e. The Balaban J connectivity index is 1.85. The molecule has 4 nitrogen and oxygen atoms in total. The third-order valence-corrected chi connectivity index (χ3v) is 5.15. The maximum atomic E-state index is 6.07. The molecule has 1 aromatic rings. The molecule has 2 N–H and O–H groups in total. The standard InChI is InChI=1S/C16H23BrN2O2/c1-2-11-3-4-19(10-11)14(9-18)12-7-13(17)16-15(8-12)20-5-6-21-16/h7-8,11,14H,2-6,9-10,18H2,1H3. The summed E-state index contributed by atoms with van der Waals surface area (Å²) in [5.41, 5.74) is 7.28. The third-order valence-electron chi connectivity index (χ3n) is 4.56. The minimum absolute atomic E-state index is 0.258. The van der Waals surface area contributed by atoms with E-state index in [0.717, 1.165) is 35.0 Å². The average molecular weight is 355 g/mol. The number of rotatable bonds is 4. The number of halogens is 1. The first-order chi connectivity index (χ1) is 10.2. The predicted octanol–water partition coefficient (Wildman–Crippen LogP) is 2.95. The molecular weight excluding hydrogens is 332 g/mol. The summed E-state index contributed by atoms with van der Waals surface area (Å²) >= 11 is 3.60. The van der Waals surface area contributed by atoms with Crippen molar-refractivity contribution in [1.29, 1.82) is 0 Å². The second kappa shape index (κ2) is 6.55. The number of likely N-dealkylation sites (tertiary alicyclic amines) is 1. The molecule has 116 valence electrons. The van der Waals surface area contributed by atoms with Crippen molar-refractivity contribution in [2.24, 2.45) is 11.7 Å². The van der Waals surface area contributed by atoms with Crippen molar-refractivity contribution in [3.63, 3.8) is 0 Å². The summed E-state index contributed by atoms with van der Waals surface area (Å²) in [5.74, 6) is 2.45. The molecule has 2 unspecified atom stereocenters. The summed E-state index contributed by atoms with van der Waals surface area (Å²) in [6.45, 7) is 6.39. The fraction of sp³-hybridized carbons (Fsp3) is 0.625. The van der Waals surface area contributed by atoms with Crippen LogP contribution in [0.15, 0.2) is 16.6 Å². The molecule has 1 fully saturated rings. The van der Waals surface area contributed by atoms with Gasteiger partial charge < -0.3 is 15.2 Å². The number of ether oxygens (including phenoxy) is 2. The van der Waals surface area contributed by atoms with Crippen LogP contribution in [-0.2, 0) is 0 Å². The van der Waals surface area contributed by atoms with Gasteiger partial charge in [0.25, 0.3) is 0 Å². The van der Waals surface area contributed by atoms with Crippen LogP contribution in [0.1, 0.15) is 31.4 Å². The first kappa shape index (κ1) is 15.1. The van der Waals surface area contributed by atoms with Gasteiger partial charge in [0.05, 0.1) is 4.47 Å². The average Bonchev–Trinajstić information content (AvgIpc) is 2.97. The van der Waals surface area contributed by atoms with Crippen LogP contribution in [0.3, 0.4) is 0 Å². The summed E-state index contributed by atoms with van der Waals surface area (Å²) in [4.78, 5) is 2.51. The lowest BCUT2D eigenvalue weighted by Gasteiger charge is -2.29. The molecule has 2 atom stereocenters. The van der Waals surface area contributed by atoms with Crippen LogP contribution in [0.2, 0.25) is 0 Å². The monoisotopic (exact) mass is 354 g/mol. The van der Waals surface area contributed by atoms with Gasteiger partial charge in [0.1, 0.15) is 13.2 Å². The molecule has 1 saturated heterocycles. The molecule has 2 aliphatic rings. The smallest absolute Gasteiger partial charge is 0.175 e. The Morgan fingerprint density at radius 1 is 1.38 bits per heavy atom. The molecule has 0 aliphatic carbocycles. The van der Waals surface area contributed by atoms with Crippen LogP contribution < -0.4 is 15.2 Å². The SMILES string of the molecule is CCC1CCN(C(CN)c2cc(Br)c3c(c2)OCCO3)C1. The minimum atomic E-state index is 0.258. The van der Waals surface area contributed by atoms with Crippen molar-refractivity contribution in [2.45, 2.75) is 25.8 Å². The van der Waals surface area contributed by atoms with Gasteiger partial charge in [-0.05, 0) is 52.5 Å². The lowest BCUT2D eigenvalue weighted by Crippen LogP contribution is -2.32. The van der Waals surface area contributed by atoms with E-state index >= 15 is 0 Å². The maximum Gasteiger partial charge on any atom is 0.175 e. The number of hydrogen-bond donors (Lipinski definition) is 1. The number of benzene rings is 1. The van der Waals surface area contributed by atoms with Gasteiger partial charge in [0.2, 0.25) is 0 Å². The molecule has 2 aliphatic heterocycles. The number of nitrogens with two attached hydrogens (primary N) is 1. The molecule has 0 bridgehead atoms. The fourth-order valence-corrected chi connectivity index (χ4v) is 3.87. The Morgan fingerprint density at radius 3 is 2.90 bits per heavy atom. The zero-order valence-electron chi connectivity index (χ0n) is 12.5. The van der Waals surface area contributed by atoms with E-state index < -0.39 is 0 Å². The van der Waals surface area contributed by atoms with Crippen molar-refractivity contribution < 1.29 is 9.47 Å². The van der Waals surface area contributed by atoms with Crippen LogP contribution in [-0.4, -0.2) is 37.7 Å². The molecule has 0 radical (unpaired) electrons. The molecule has 5 heteroatoms. The highest BCUT2D eigenvalue weighted by Crippen LogP contribution is 2.41. The summed E-state index contributed by atoms with van der Waals surface area (Å²) in [5, 5.41) is 0. The Morgan fingerprint density at radius 2 is 2.19 bits per heavy atom. The van der Waals surface area contributed by atoms with E-state index in [0.29, 0.717) is 19.8 Å². The van der Waals surface area contributed by atoms with Crippen molar-refractivity contribution in [3.8, 4) is 11.5 Å². The molecule has 2 heterocycles. The van der Waals surface area contributed by atoms with Crippen LogP contribution in [0, 0.1) is 5.92 Å². The Kier molecular flexibility index (Phi) is 4.72. The third kappa shape index (κ3) is 3.05. The van der Waals surface area contributed by atoms with Crippen molar-refractivity contribution in [2.75, 3.05) is 32.8 Å². The van der Waals surface area contributed by atoms with Crippen LogP contribution >= 0.6 is 15.9 Å². The molecule has 0 spiro atoms. The van der Waals surface area contributed by atoms with Crippen LogP contribution in [0.4, 0.5) is 0 Å². The van der Waals surface area contributed by atoms with Crippen molar-refractivity contribution in [1.82, 2.24) is 4.90 Å². The summed E-state index contributed by atoms with van der Waals surface area (Å²) in [6.07, 6.45) is 2.53. The van der Waals surface area contributed by atoms with Crippen molar-refractivity contribution >= 4 is 15.9 Å². The second-order valence-electron chi connectivity index (χ2n) is 5.84. The molecular formula is C16H23BrN2O2. The van der Waals surface area contributed by atoms with E-state index in [1.165, 1.54) is 18.4 Å². The number of hydrogen-bond acceptors (Lipinski definition) is 4. The highest BCUT2D eigenvalue weighted by molar-refractivity contribution is 9.10. The predicted molar refractivity (Wildman–Crippen MR) is 86.9 cm³/mol. The summed E-state index contributed by atoms with van der Waals surface area (Å²) < 4.78 is 12.4. The first-order valence-corrected chi connectivity index (χ1v) is 8.55. The van der Waals surface area contributed by atoms with E-state index in [2.05, 4.69) is 39.9 Å². The van der Waals surface area contributed by atoms with Gasteiger partial charge in [-0.15, -0.1) is 0 Å². The number of fused-ring (bicyclic) bond motifs is 1. The minimum Gasteiger partial charge on any atom is -0.486 e. The van der Waals surface area contributed by atoms with Gasteiger partial charge in [-0.1, -0.05) is 13.3 Å². The Hall–Kier alpha value is -0.780. The van der Waals surface area contributed by atoms with E-state index in [4.69, 9.17) is 15.2 Å². The first-order valence-electron chi connectivity index (χ1n) is 7.76. The van der Waals surface area contributed by atoms with E-state index in [9.17, 15) is 0 Å². The maximum absolute atomic E-state index is 6.07. The van der Waals surface area contributed by atoms with Crippen molar-refractivity contribution in [3.05, 3.63) is 22.2 Å². The highest BCUT2D eigenvalue weighted by atomic mass is 79.9. The van der Waals surface area contributed by atoms with Gasteiger partial charge in [-0.2, -0.15) is 0 Å². The molecule has 21 heavy (non-hydrogen) atoms. The molecule has 1 aromatic carbocycles. The lowest BCUT2D eigenvalue weighted by molar-refractivity contribution is 0.169. The molecule has 0 saturated carbocycles. The van der Waals surface area contributed by atoms with Crippen LogP contribution in [0.25, 0.3) is 0 Å². The molecule has 3 rings (SSSR count). The van der Waals surface area contributed by atoms with Gasteiger partial charge in [0.15, 0.2) is 11.5 Å². The lowest BCUT2D eigenvalue weighted by atomic mass is 10.0. The number of nitrogens with zero attached hydrogens (tertiary/aromatic N) is 1. The Bertz CT molecular complexity index is 509. The fourth-order valence-electron chi connectivity index (χ4n) is 3.30. The van der Waals surface area contributed by atoms with E-state index in [-0.39, 0.29) is 6.04 Å².